The van der Waals surface area contributed by atoms with Crippen LogP contribution < -0.4 is 14.8 Å². The van der Waals surface area contributed by atoms with E-state index >= 15 is 0 Å². The Morgan fingerprint density at radius 1 is 1.00 bits per heavy atom. The zero-order valence-corrected chi connectivity index (χ0v) is 17.2. The number of benzene rings is 3. The number of thioether (sulfide) groups is 1. The van der Waals surface area contributed by atoms with Crippen LogP contribution in [0.4, 0.5) is 5.69 Å². The molecular formula is C22H19N3O4S. The van der Waals surface area contributed by atoms with Crippen molar-refractivity contribution in [1.82, 2.24) is 10.2 Å². The highest BCUT2D eigenvalue weighted by Gasteiger charge is 2.14. The van der Waals surface area contributed by atoms with Crippen LogP contribution in [0.1, 0.15) is 0 Å². The Hall–Kier alpha value is -3.52. The summed E-state index contributed by atoms with van der Waals surface area (Å²) in [4.78, 5) is 12.4. The lowest BCUT2D eigenvalue weighted by molar-refractivity contribution is -0.113. The van der Waals surface area contributed by atoms with Gasteiger partial charge in [-0.15, -0.1) is 10.2 Å². The van der Waals surface area contributed by atoms with Gasteiger partial charge in [0.2, 0.25) is 11.8 Å². The second-order valence-electron chi connectivity index (χ2n) is 6.34. The summed E-state index contributed by atoms with van der Waals surface area (Å²) >= 11 is 1.17. The lowest BCUT2D eigenvalue weighted by atomic mass is 10.1. The molecule has 0 bridgehead atoms. The summed E-state index contributed by atoms with van der Waals surface area (Å²) in [6.45, 7) is 0. The van der Waals surface area contributed by atoms with Crippen LogP contribution in [-0.2, 0) is 4.79 Å². The number of carbonyl (C=O) groups is 1. The maximum atomic E-state index is 12.4. The number of methoxy groups -OCH3 is 2. The second kappa shape index (κ2) is 8.87. The van der Waals surface area contributed by atoms with Crippen molar-refractivity contribution in [2.75, 3.05) is 25.3 Å². The number of rotatable bonds is 7. The highest BCUT2D eigenvalue weighted by Crippen LogP contribution is 2.30. The van der Waals surface area contributed by atoms with E-state index in [1.807, 2.05) is 42.5 Å². The van der Waals surface area contributed by atoms with Gasteiger partial charge in [-0.3, -0.25) is 4.79 Å². The summed E-state index contributed by atoms with van der Waals surface area (Å²) in [5.74, 6) is 1.55. The van der Waals surface area contributed by atoms with Gasteiger partial charge >= 0.3 is 0 Å². The van der Waals surface area contributed by atoms with Crippen LogP contribution in [0.2, 0.25) is 0 Å². The minimum absolute atomic E-state index is 0.145. The number of nitrogens with zero attached hydrogens (tertiary/aromatic N) is 2. The number of nitrogens with one attached hydrogen (secondary N) is 1. The number of anilines is 1. The molecule has 0 fully saturated rings. The van der Waals surface area contributed by atoms with Crippen LogP contribution in [0.5, 0.6) is 11.5 Å². The fraction of sp³-hybridized carbons (Fsp3) is 0.136. The minimum atomic E-state index is -0.154. The average molecular weight is 421 g/mol. The standard InChI is InChI=1S/C22H19N3O4S/c1-27-16-10-15(11-17(12-16)28-2)21-24-25-22(29-21)30-13-20(26)23-19-9-5-7-14-6-3-4-8-18(14)19/h3-12H,13H2,1-2H3,(H,23,26). The molecule has 8 heteroatoms. The topological polar surface area (TPSA) is 86.5 Å². The van der Waals surface area contributed by atoms with Gasteiger partial charge in [0, 0.05) is 22.7 Å². The Balaban J connectivity index is 1.43. The van der Waals surface area contributed by atoms with Gasteiger partial charge in [-0.1, -0.05) is 48.2 Å². The number of hydrogen-bond donors (Lipinski definition) is 1. The Morgan fingerprint density at radius 2 is 1.73 bits per heavy atom. The molecule has 4 rings (SSSR count). The van der Waals surface area contributed by atoms with Crippen molar-refractivity contribution in [2.45, 2.75) is 5.22 Å². The average Bonchev–Trinajstić information content (AvgIpc) is 3.27. The number of ether oxygens (including phenoxy) is 2. The van der Waals surface area contributed by atoms with Crippen molar-refractivity contribution in [1.29, 1.82) is 0 Å². The Kier molecular flexibility index (Phi) is 5.85. The first-order chi connectivity index (χ1) is 14.7. The van der Waals surface area contributed by atoms with Crippen LogP contribution in [-0.4, -0.2) is 36.1 Å². The molecular weight excluding hydrogens is 402 g/mol. The first kappa shape index (κ1) is 19.8. The smallest absolute Gasteiger partial charge is 0.277 e. The quantitative estimate of drug-likeness (QED) is 0.435. The van der Waals surface area contributed by atoms with E-state index in [9.17, 15) is 4.79 Å². The summed E-state index contributed by atoms with van der Waals surface area (Å²) in [5, 5.41) is 13.4. The summed E-state index contributed by atoms with van der Waals surface area (Å²) in [7, 11) is 3.14. The first-order valence-corrected chi connectivity index (χ1v) is 10.1. The third-order valence-corrected chi connectivity index (χ3v) is 5.21. The summed E-state index contributed by atoms with van der Waals surface area (Å²) in [6.07, 6.45) is 0. The van der Waals surface area contributed by atoms with Crippen molar-refractivity contribution < 1.29 is 18.7 Å². The van der Waals surface area contributed by atoms with Gasteiger partial charge in [-0.25, -0.2) is 0 Å². The minimum Gasteiger partial charge on any atom is -0.497 e. The molecule has 152 valence electrons. The second-order valence-corrected chi connectivity index (χ2v) is 7.26. The molecule has 0 aliphatic carbocycles. The van der Waals surface area contributed by atoms with Crippen molar-refractivity contribution in [3.63, 3.8) is 0 Å². The molecule has 0 saturated heterocycles. The van der Waals surface area contributed by atoms with E-state index in [1.165, 1.54) is 11.8 Å². The van der Waals surface area contributed by atoms with Gasteiger partial charge in [-0.05, 0) is 23.6 Å². The molecule has 0 atom stereocenters. The lowest BCUT2D eigenvalue weighted by Crippen LogP contribution is -2.14. The molecule has 0 unspecified atom stereocenters. The fourth-order valence-corrected chi connectivity index (χ4v) is 3.53. The molecule has 1 N–H and O–H groups in total. The third kappa shape index (κ3) is 4.38. The van der Waals surface area contributed by atoms with E-state index in [0.29, 0.717) is 28.2 Å². The SMILES string of the molecule is COc1cc(OC)cc(-c2nnc(SCC(=O)Nc3cccc4ccccc34)o2)c1. The molecule has 0 aliphatic heterocycles. The van der Waals surface area contributed by atoms with E-state index in [-0.39, 0.29) is 11.7 Å². The maximum Gasteiger partial charge on any atom is 0.277 e. The molecule has 30 heavy (non-hydrogen) atoms. The molecule has 0 aliphatic rings. The van der Waals surface area contributed by atoms with Crippen molar-refractivity contribution in [2.24, 2.45) is 0 Å². The van der Waals surface area contributed by atoms with Crippen LogP contribution in [0.15, 0.2) is 70.3 Å². The number of carbonyl (C=O) groups excluding carboxylic acids is 1. The van der Waals surface area contributed by atoms with E-state index in [4.69, 9.17) is 13.9 Å². The fourth-order valence-electron chi connectivity index (χ4n) is 2.96. The van der Waals surface area contributed by atoms with E-state index < -0.39 is 0 Å². The predicted octanol–water partition coefficient (Wildman–Crippen LogP) is 4.64. The third-order valence-electron chi connectivity index (χ3n) is 4.40. The first-order valence-electron chi connectivity index (χ1n) is 9.13. The maximum absolute atomic E-state index is 12.4. The van der Waals surface area contributed by atoms with Gasteiger partial charge in [0.1, 0.15) is 11.5 Å². The van der Waals surface area contributed by atoms with Gasteiger partial charge in [0.15, 0.2) is 0 Å². The van der Waals surface area contributed by atoms with Gasteiger partial charge in [0.05, 0.1) is 20.0 Å². The van der Waals surface area contributed by atoms with Crippen LogP contribution in [0, 0.1) is 0 Å². The van der Waals surface area contributed by atoms with Crippen molar-refractivity contribution in [3.8, 4) is 23.0 Å². The molecule has 0 radical (unpaired) electrons. The van der Waals surface area contributed by atoms with E-state index in [0.717, 1.165) is 16.5 Å². The van der Waals surface area contributed by atoms with Crippen LogP contribution >= 0.6 is 11.8 Å². The Labute approximate surface area is 177 Å². The molecule has 4 aromatic rings. The molecule has 7 nitrogen and oxygen atoms in total. The molecule has 1 amide bonds. The molecule has 1 aromatic heterocycles. The van der Waals surface area contributed by atoms with Crippen molar-refractivity contribution in [3.05, 3.63) is 60.7 Å². The van der Waals surface area contributed by atoms with Crippen LogP contribution in [0.25, 0.3) is 22.2 Å². The molecule has 1 heterocycles. The highest BCUT2D eigenvalue weighted by molar-refractivity contribution is 7.99. The predicted molar refractivity (Wildman–Crippen MR) is 116 cm³/mol. The zero-order valence-electron chi connectivity index (χ0n) is 16.4. The van der Waals surface area contributed by atoms with E-state index in [1.54, 1.807) is 32.4 Å². The summed E-state index contributed by atoms with van der Waals surface area (Å²) in [6, 6.07) is 19.0. The largest absolute Gasteiger partial charge is 0.497 e. The lowest BCUT2D eigenvalue weighted by Gasteiger charge is -2.08. The van der Waals surface area contributed by atoms with Gasteiger partial charge < -0.3 is 19.2 Å². The number of fused-ring (bicyclic) bond motifs is 1. The van der Waals surface area contributed by atoms with Crippen molar-refractivity contribution >= 4 is 34.1 Å². The number of aromatic nitrogens is 2. The molecule has 0 saturated carbocycles. The molecule has 0 spiro atoms. The number of hydrogen-bond acceptors (Lipinski definition) is 7. The summed E-state index contributed by atoms with van der Waals surface area (Å²) < 4.78 is 16.2. The Bertz CT molecular complexity index is 1160. The number of amides is 1. The summed E-state index contributed by atoms with van der Waals surface area (Å²) in [5.41, 5.74) is 1.44. The monoisotopic (exact) mass is 421 g/mol. The van der Waals surface area contributed by atoms with Gasteiger partial charge in [0.25, 0.3) is 5.22 Å². The van der Waals surface area contributed by atoms with Crippen LogP contribution in [0.3, 0.4) is 0 Å². The molecule has 3 aromatic carbocycles. The zero-order chi connectivity index (χ0) is 20.9. The highest BCUT2D eigenvalue weighted by atomic mass is 32.2. The normalized spacial score (nSPS) is 10.7. The van der Waals surface area contributed by atoms with E-state index in [2.05, 4.69) is 15.5 Å². The Morgan fingerprint density at radius 3 is 2.50 bits per heavy atom. The van der Waals surface area contributed by atoms with Gasteiger partial charge in [-0.2, -0.15) is 0 Å².